The summed E-state index contributed by atoms with van der Waals surface area (Å²) in [6.07, 6.45) is 4.92. The van der Waals surface area contributed by atoms with Crippen molar-refractivity contribution < 1.29 is 0 Å². The van der Waals surface area contributed by atoms with Gasteiger partial charge in [0.2, 0.25) is 0 Å². The van der Waals surface area contributed by atoms with Gasteiger partial charge < -0.3 is 4.57 Å². The number of imidazole rings is 1. The maximum atomic E-state index is 4.34. The van der Waals surface area contributed by atoms with Gasteiger partial charge in [0.15, 0.2) is 0 Å². The third-order valence-corrected chi connectivity index (χ3v) is 3.62. The van der Waals surface area contributed by atoms with Gasteiger partial charge in [0, 0.05) is 30.2 Å². The minimum absolute atomic E-state index is 0.528. The number of aromatic nitrogens is 2. The van der Waals surface area contributed by atoms with Crippen LogP contribution in [0.3, 0.4) is 0 Å². The average Bonchev–Trinajstić information content (AvgIpc) is 2.51. The Balaban J connectivity index is 2.62. The Bertz CT molecular complexity index is 255. The summed E-state index contributed by atoms with van der Waals surface area (Å²) in [5, 5.41) is 0. The Kier molecular flexibility index (Phi) is 3.97. The van der Waals surface area contributed by atoms with Gasteiger partial charge in [-0.2, -0.15) is 0 Å². The van der Waals surface area contributed by atoms with Gasteiger partial charge in [0.25, 0.3) is 0 Å². The summed E-state index contributed by atoms with van der Waals surface area (Å²) in [7, 11) is 0. The van der Waals surface area contributed by atoms with E-state index in [1.54, 1.807) is 0 Å². The summed E-state index contributed by atoms with van der Waals surface area (Å²) in [6.45, 7) is 7.59. The van der Waals surface area contributed by atoms with Gasteiger partial charge in [-0.1, -0.05) is 29.8 Å². The molecule has 0 amide bonds. The molecule has 1 rings (SSSR count). The molecule has 3 heteroatoms. The lowest BCUT2D eigenvalue weighted by Crippen LogP contribution is -2.14. The zero-order valence-electron chi connectivity index (χ0n) is 8.50. The topological polar surface area (TPSA) is 17.8 Å². The zero-order valence-corrected chi connectivity index (χ0v) is 10.1. The van der Waals surface area contributed by atoms with Crippen molar-refractivity contribution in [2.24, 2.45) is 5.92 Å². The molecule has 0 aliphatic heterocycles. The second kappa shape index (κ2) is 4.80. The van der Waals surface area contributed by atoms with Crippen molar-refractivity contribution in [3.8, 4) is 0 Å². The second-order valence-corrected chi connectivity index (χ2v) is 4.77. The average molecular weight is 245 g/mol. The Morgan fingerprint density at radius 3 is 2.77 bits per heavy atom. The SMILES string of the molecule is CCn1ccnc1CC(Br)C(C)C. The number of aryl methyl sites for hydroxylation is 1. The molecule has 0 bridgehead atoms. The molecule has 0 saturated heterocycles. The van der Waals surface area contributed by atoms with Crippen LogP contribution in [-0.2, 0) is 13.0 Å². The Morgan fingerprint density at radius 2 is 2.23 bits per heavy atom. The lowest BCUT2D eigenvalue weighted by molar-refractivity contribution is 0.580. The van der Waals surface area contributed by atoms with Crippen molar-refractivity contribution in [2.75, 3.05) is 0 Å². The lowest BCUT2D eigenvalue weighted by atomic mass is 10.1. The molecule has 2 nitrogen and oxygen atoms in total. The monoisotopic (exact) mass is 244 g/mol. The first kappa shape index (κ1) is 10.8. The molecule has 0 spiro atoms. The van der Waals surface area contributed by atoms with E-state index in [-0.39, 0.29) is 0 Å². The molecule has 0 aliphatic carbocycles. The minimum Gasteiger partial charge on any atom is -0.335 e. The lowest BCUT2D eigenvalue weighted by Gasteiger charge is -2.13. The molecule has 0 aromatic carbocycles. The molecule has 1 unspecified atom stereocenters. The molecule has 0 aliphatic rings. The van der Waals surface area contributed by atoms with E-state index >= 15 is 0 Å². The van der Waals surface area contributed by atoms with Gasteiger partial charge in [0.05, 0.1) is 0 Å². The zero-order chi connectivity index (χ0) is 9.84. The fourth-order valence-corrected chi connectivity index (χ4v) is 1.52. The van der Waals surface area contributed by atoms with E-state index in [0.29, 0.717) is 10.7 Å². The number of rotatable bonds is 4. The number of hydrogen-bond donors (Lipinski definition) is 0. The minimum atomic E-state index is 0.528. The molecule has 0 radical (unpaired) electrons. The van der Waals surface area contributed by atoms with Crippen LogP contribution in [0.4, 0.5) is 0 Å². The summed E-state index contributed by atoms with van der Waals surface area (Å²) >= 11 is 3.67. The van der Waals surface area contributed by atoms with Crippen LogP contribution in [-0.4, -0.2) is 14.4 Å². The summed E-state index contributed by atoms with van der Waals surface area (Å²) in [4.78, 5) is 4.87. The molecule has 0 N–H and O–H groups in total. The van der Waals surface area contributed by atoms with Crippen LogP contribution in [0, 0.1) is 5.92 Å². The predicted molar refractivity (Wildman–Crippen MR) is 59.2 cm³/mol. The molecule has 1 heterocycles. The maximum absolute atomic E-state index is 4.34. The first-order chi connectivity index (χ1) is 6.15. The molecule has 1 atom stereocenters. The van der Waals surface area contributed by atoms with Gasteiger partial charge in [-0.15, -0.1) is 0 Å². The molecular formula is C10H17BrN2. The fourth-order valence-electron chi connectivity index (χ4n) is 1.23. The quantitative estimate of drug-likeness (QED) is 0.746. The summed E-state index contributed by atoms with van der Waals surface area (Å²) < 4.78 is 2.19. The van der Waals surface area contributed by atoms with Crippen LogP contribution in [0.15, 0.2) is 12.4 Å². The Labute approximate surface area is 88.5 Å². The van der Waals surface area contributed by atoms with Crippen molar-refractivity contribution in [2.45, 2.75) is 38.6 Å². The highest BCUT2D eigenvalue weighted by Crippen LogP contribution is 2.16. The number of nitrogens with zero attached hydrogens (tertiary/aromatic N) is 2. The van der Waals surface area contributed by atoms with Crippen LogP contribution in [0.2, 0.25) is 0 Å². The standard InChI is InChI=1S/C10H17BrN2/c1-4-13-6-5-12-10(13)7-9(11)8(2)3/h5-6,8-9H,4,7H2,1-3H3. The van der Waals surface area contributed by atoms with Gasteiger partial charge in [-0.3, -0.25) is 0 Å². The van der Waals surface area contributed by atoms with E-state index in [4.69, 9.17) is 0 Å². The van der Waals surface area contributed by atoms with E-state index in [2.05, 4.69) is 46.3 Å². The van der Waals surface area contributed by atoms with Crippen LogP contribution < -0.4 is 0 Å². The predicted octanol–water partition coefficient (Wildman–Crippen LogP) is 2.87. The van der Waals surface area contributed by atoms with Crippen molar-refractivity contribution >= 4 is 15.9 Å². The van der Waals surface area contributed by atoms with Gasteiger partial charge in [-0.05, 0) is 12.8 Å². The third-order valence-electron chi connectivity index (χ3n) is 2.24. The first-order valence-electron chi connectivity index (χ1n) is 4.79. The second-order valence-electron chi connectivity index (χ2n) is 3.59. The number of halogens is 1. The first-order valence-corrected chi connectivity index (χ1v) is 5.70. The summed E-state index contributed by atoms with van der Waals surface area (Å²) in [5.74, 6) is 1.83. The summed E-state index contributed by atoms with van der Waals surface area (Å²) in [5.41, 5.74) is 0. The highest BCUT2D eigenvalue weighted by atomic mass is 79.9. The van der Waals surface area contributed by atoms with Crippen LogP contribution in [0.5, 0.6) is 0 Å². The largest absolute Gasteiger partial charge is 0.335 e. The van der Waals surface area contributed by atoms with E-state index in [1.807, 2.05) is 12.4 Å². The van der Waals surface area contributed by atoms with Crippen molar-refractivity contribution in [1.29, 1.82) is 0 Å². The molecule has 74 valence electrons. The maximum Gasteiger partial charge on any atom is 0.109 e. The van der Waals surface area contributed by atoms with Crippen molar-refractivity contribution in [3.63, 3.8) is 0 Å². The van der Waals surface area contributed by atoms with Crippen LogP contribution in [0.1, 0.15) is 26.6 Å². The third kappa shape index (κ3) is 2.83. The fraction of sp³-hybridized carbons (Fsp3) is 0.700. The van der Waals surface area contributed by atoms with Crippen LogP contribution in [0.25, 0.3) is 0 Å². The molecule has 1 aromatic rings. The van der Waals surface area contributed by atoms with Gasteiger partial charge in [-0.25, -0.2) is 4.98 Å². The van der Waals surface area contributed by atoms with E-state index < -0.39 is 0 Å². The highest BCUT2D eigenvalue weighted by molar-refractivity contribution is 9.09. The van der Waals surface area contributed by atoms with Crippen molar-refractivity contribution in [3.05, 3.63) is 18.2 Å². The number of alkyl halides is 1. The van der Waals surface area contributed by atoms with Crippen LogP contribution >= 0.6 is 15.9 Å². The number of hydrogen-bond acceptors (Lipinski definition) is 1. The molecule has 1 aromatic heterocycles. The smallest absolute Gasteiger partial charge is 0.109 e. The summed E-state index contributed by atoms with van der Waals surface area (Å²) in [6, 6.07) is 0. The van der Waals surface area contributed by atoms with Gasteiger partial charge >= 0.3 is 0 Å². The molecule has 13 heavy (non-hydrogen) atoms. The Morgan fingerprint density at radius 1 is 1.54 bits per heavy atom. The van der Waals surface area contributed by atoms with E-state index in [1.165, 1.54) is 5.82 Å². The Hall–Kier alpha value is -0.310. The molecular weight excluding hydrogens is 228 g/mol. The highest BCUT2D eigenvalue weighted by Gasteiger charge is 2.12. The molecule has 0 saturated carbocycles. The van der Waals surface area contributed by atoms with Crippen molar-refractivity contribution in [1.82, 2.24) is 9.55 Å². The molecule has 0 fully saturated rings. The van der Waals surface area contributed by atoms with E-state index in [0.717, 1.165) is 13.0 Å². The normalized spacial score (nSPS) is 13.6. The van der Waals surface area contributed by atoms with E-state index in [9.17, 15) is 0 Å². The van der Waals surface area contributed by atoms with Gasteiger partial charge in [0.1, 0.15) is 5.82 Å².